The molecule has 0 aromatic heterocycles. The Kier molecular flexibility index (Phi) is 5.45. The van der Waals surface area contributed by atoms with Crippen LogP contribution in [0.5, 0.6) is 0 Å². The van der Waals surface area contributed by atoms with E-state index in [4.69, 9.17) is 4.74 Å². The Balaban J connectivity index is 2.21. The molecule has 1 saturated carbocycles. The van der Waals surface area contributed by atoms with E-state index in [9.17, 15) is 0 Å². The second-order valence-corrected chi connectivity index (χ2v) is 4.32. The molecule has 0 amide bonds. The molecular weight excluding hydrogens is 160 g/mol. The van der Waals surface area contributed by atoms with E-state index in [-0.39, 0.29) is 0 Å². The molecule has 0 heterocycles. The molecular formula is C12H24O. The first-order chi connectivity index (χ1) is 6.33. The van der Waals surface area contributed by atoms with Gasteiger partial charge in [-0.2, -0.15) is 0 Å². The average Bonchev–Trinajstić information content (AvgIpc) is 2.09. The summed E-state index contributed by atoms with van der Waals surface area (Å²) in [6.45, 7) is 4.40. The van der Waals surface area contributed by atoms with Crippen molar-refractivity contribution in [1.29, 1.82) is 0 Å². The highest BCUT2D eigenvalue weighted by molar-refractivity contribution is 4.64. The van der Waals surface area contributed by atoms with E-state index < -0.39 is 0 Å². The van der Waals surface area contributed by atoms with Crippen LogP contribution in [0.1, 0.15) is 65.2 Å². The average molecular weight is 184 g/mol. The smallest absolute Gasteiger partial charge is 0.0578 e. The lowest BCUT2D eigenvalue weighted by atomic mass is 9.98. The molecule has 1 aliphatic carbocycles. The Hall–Kier alpha value is -0.0400. The Morgan fingerprint density at radius 1 is 1.08 bits per heavy atom. The summed E-state index contributed by atoms with van der Waals surface area (Å²) in [5, 5.41) is 0. The van der Waals surface area contributed by atoms with Gasteiger partial charge in [-0.1, -0.05) is 39.0 Å². The van der Waals surface area contributed by atoms with Crippen LogP contribution in [0.4, 0.5) is 0 Å². The first-order valence-corrected chi connectivity index (χ1v) is 5.98. The molecule has 1 atom stereocenters. The molecule has 1 fully saturated rings. The minimum atomic E-state index is 0.462. The second kappa shape index (κ2) is 6.42. The van der Waals surface area contributed by atoms with Crippen molar-refractivity contribution in [3.8, 4) is 0 Å². The first-order valence-electron chi connectivity index (χ1n) is 5.98. The van der Waals surface area contributed by atoms with Gasteiger partial charge in [0.15, 0.2) is 0 Å². The SMILES string of the molecule is CCC(C)OC1CCCCCCC1. The van der Waals surface area contributed by atoms with E-state index in [1.807, 2.05) is 0 Å². The Bertz CT molecular complexity index is 114. The lowest BCUT2D eigenvalue weighted by molar-refractivity contribution is -0.0165. The molecule has 1 rings (SSSR count). The molecule has 0 N–H and O–H groups in total. The summed E-state index contributed by atoms with van der Waals surface area (Å²) in [5.41, 5.74) is 0. The van der Waals surface area contributed by atoms with Crippen LogP contribution in [-0.4, -0.2) is 12.2 Å². The third-order valence-electron chi connectivity index (χ3n) is 3.05. The van der Waals surface area contributed by atoms with E-state index in [2.05, 4.69) is 13.8 Å². The molecule has 1 heteroatoms. The molecule has 0 aliphatic heterocycles. The van der Waals surface area contributed by atoms with Crippen molar-refractivity contribution < 1.29 is 4.74 Å². The van der Waals surface area contributed by atoms with E-state index in [1.54, 1.807) is 0 Å². The van der Waals surface area contributed by atoms with Crippen LogP contribution in [0.2, 0.25) is 0 Å². The molecule has 0 bridgehead atoms. The van der Waals surface area contributed by atoms with Crippen LogP contribution < -0.4 is 0 Å². The molecule has 78 valence electrons. The van der Waals surface area contributed by atoms with E-state index in [1.165, 1.54) is 44.9 Å². The second-order valence-electron chi connectivity index (χ2n) is 4.32. The van der Waals surface area contributed by atoms with Crippen molar-refractivity contribution in [3.63, 3.8) is 0 Å². The highest BCUT2D eigenvalue weighted by Crippen LogP contribution is 2.20. The maximum atomic E-state index is 5.98. The highest BCUT2D eigenvalue weighted by Gasteiger charge is 2.13. The number of hydrogen-bond donors (Lipinski definition) is 0. The highest BCUT2D eigenvalue weighted by atomic mass is 16.5. The molecule has 0 aromatic rings. The normalized spacial score (nSPS) is 23.5. The zero-order valence-corrected chi connectivity index (χ0v) is 9.22. The van der Waals surface area contributed by atoms with Gasteiger partial charge in [0, 0.05) is 0 Å². The first kappa shape index (κ1) is 11.0. The van der Waals surface area contributed by atoms with Gasteiger partial charge in [-0.25, -0.2) is 0 Å². The van der Waals surface area contributed by atoms with Crippen molar-refractivity contribution >= 4 is 0 Å². The van der Waals surface area contributed by atoms with Crippen LogP contribution in [0, 0.1) is 0 Å². The van der Waals surface area contributed by atoms with Gasteiger partial charge >= 0.3 is 0 Å². The van der Waals surface area contributed by atoms with Gasteiger partial charge in [-0.05, 0) is 26.2 Å². The summed E-state index contributed by atoms with van der Waals surface area (Å²) < 4.78 is 5.98. The fourth-order valence-corrected chi connectivity index (χ4v) is 1.98. The number of hydrogen-bond acceptors (Lipinski definition) is 1. The van der Waals surface area contributed by atoms with Crippen LogP contribution >= 0.6 is 0 Å². The summed E-state index contributed by atoms with van der Waals surface area (Å²) in [4.78, 5) is 0. The Morgan fingerprint density at radius 3 is 2.15 bits per heavy atom. The van der Waals surface area contributed by atoms with Crippen molar-refractivity contribution in [2.24, 2.45) is 0 Å². The molecule has 0 aromatic carbocycles. The van der Waals surface area contributed by atoms with Gasteiger partial charge in [-0.3, -0.25) is 0 Å². The molecule has 0 saturated heterocycles. The Labute approximate surface area is 82.9 Å². The van der Waals surface area contributed by atoms with Gasteiger partial charge in [0.2, 0.25) is 0 Å². The largest absolute Gasteiger partial charge is 0.375 e. The zero-order valence-electron chi connectivity index (χ0n) is 9.22. The van der Waals surface area contributed by atoms with Crippen LogP contribution in [-0.2, 0) is 4.74 Å². The molecule has 13 heavy (non-hydrogen) atoms. The minimum absolute atomic E-state index is 0.462. The maximum absolute atomic E-state index is 5.98. The molecule has 0 radical (unpaired) electrons. The van der Waals surface area contributed by atoms with E-state index in [0.717, 1.165) is 6.42 Å². The lowest BCUT2D eigenvalue weighted by Gasteiger charge is -2.23. The van der Waals surface area contributed by atoms with Crippen molar-refractivity contribution in [3.05, 3.63) is 0 Å². The van der Waals surface area contributed by atoms with E-state index >= 15 is 0 Å². The lowest BCUT2D eigenvalue weighted by Crippen LogP contribution is -2.20. The predicted molar refractivity (Wildman–Crippen MR) is 56.9 cm³/mol. The van der Waals surface area contributed by atoms with Crippen LogP contribution in [0.25, 0.3) is 0 Å². The van der Waals surface area contributed by atoms with Gasteiger partial charge in [0.05, 0.1) is 12.2 Å². The zero-order chi connectivity index (χ0) is 9.52. The molecule has 1 nitrogen and oxygen atoms in total. The van der Waals surface area contributed by atoms with Gasteiger partial charge in [-0.15, -0.1) is 0 Å². The molecule has 1 aliphatic rings. The van der Waals surface area contributed by atoms with E-state index in [0.29, 0.717) is 12.2 Å². The standard InChI is InChI=1S/C12H24O/c1-3-11(2)13-12-9-7-5-4-6-8-10-12/h11-12H,3-10H2,1-2H3. The fourth-order valence-electron chi connectivity index (χ4n) is 1.98. The quantitative estimate of drug-likeness (QED) is 0.646. The third-order valence-corrected chi connectivity index (χ3v) is 3.05. The Morgan fingerprint density at radius 2 is 1.62 bits per heavy atom. The minimum Gasteiger partial charge on any atom is -0.375 e. The summed E-state index contributed by atoms with van der Waals surface area (Å²) in [5.74, 6) is 0. The summed E-state index contributed by atoms with van der Waals surface area (Å²) in [6, 6.07) is 0. The van der Waals surface area contributed by atoms with Crippen LogP contribution in [0.15, 0.2) is 0 Å². The predicted octanol–water partition coefficient (Wildman–Crippen LogP) is 3.91. The van der Waals surface area contributed by atoms with Crippen molar-refractivity contribution in [2.75, 3.05) is 0 Å². The van der Waals surface area contributed by atoms with Gasteiger partial charge < -0.3 is 4.74 Å². The maximum Gasteiger partial charge on any atom is 0.0578 e. The third kappa shape index (κ3) is 4.66. The van der Waals surface area contributed by atoms with Crippen molar-refractivity contribution in [1.82, 2.24) is 0 Å². The summed E-state index contributed by atoms with van der Waals surface area (Å²) in [7, 11) is 0. The molecule has 1 unspecified atom stereocenters. The monoisotopic (exact) mass is 184 g/mol. The van der Waals surface area contributed by atoms with Crippen LogP contribution in [0.3, 0.4) is 0 Å². The van der Waals surface area contributed by atoms with Gasteiger partial charge in [0.25, 0.3) is 0 Å². The summed E-state index contributed by atoms with van der Waals surface area (Å²) in [6.07, 6.45) is 11.8. The summed E-state index contributed by atoms with van der Waals surface area (Å²) >= 11 is 0. The van der Waals surface area contributed by atoms with Crippen molar-refractivity contribution in [2.45, 2.75) is 77.4 Å². The topological polar surface area (TPSA) is 9.23 Å². The number of ether oxygens (including phenoxy) is 1. The number of rotatable bonds is 3. The molecule has 0 spiro atoms. The van der Waals surface area contributed by atoms with Gasteiger partial charge in [0.1, 0.15) is 0 Å². The fraction of sp³-hybridized carbons (Fsp3) is 1.00.